The second kappa shape index (κ2) is 6.46. The average Bonchev–Trinajstić information content (AvgIpc) is 2.88. The normalized spacial score (nSPS) is 16.7. The van der Waals surface area contributed by atoms with E-state index in [2.05, 4.69) is 10.3 Å². The van der Waals surface area contributed by atoms with Gasteiger partial charge in [-0.15, -0.1) is 5.10 Å². The molecule has 7 nitrogen and oxygen atoms in total. The third-order valence-corrected chi connectivity index (χ3v) is 3.13. The van der Waals surface area contributed by atoms with E-state index in [-0.39, 0.29) is 5.69 Å². The van der Waals surface area contributed by atoms with E-state index in [4.69, 9.17) is 10.6 Å². The molecule has 2 rings (SSSR count). The fraction of sp³-hybridized carbons (Fsp3) is 0.727. The molecule has 0 aromatic carbocycles. The van der Waals surface area contributed by atoms with Gasteiger partial charge in [0.1, 0.15) is 0 Å². The van der Waals surface area contributed by atoms with Crippen LogP contribution in [0.3, 0.4) is 0 Å². The number of hydrogen-bond donors (Lipinski definition) is 2. The highest BCUT2D eigenvalue weighted by atomic mass is 16.5. The number of nitrogens with one attached hydrogen (secondary N) is 1. The summed E-state index contributed by atoms with van der Waals surface area (Å²) in [6.45, 7) is 1.19. The lowest BCUT2D eigenvalue weighted by Crippen LogP contribution is -2.30. The molecule has 0 aliphatic heterocycles. The average molecular weight is 253 g/mol. The highest BCUT2D eigenvalue weighted by Gasteiger charge is 2.14. The zero-order chi connectivity index (χ0) is 12.8. The maximum atomic E-state index is 11.2. The number of nitrogen functional groups attached to an aromatic ring is 1. The van der Waals surface area contributed by atoms with Crippen LogP contribution in [0.15, 0.2) is 6.20 Å². The number of amides is 1. The predicted octanol–water partition coefficient (Wildman–Crippen LogP) is 0.231. The summed E-state index contributed by atoms with van der Waals surface area (Å²) in [5.74, 6) is 4.57. The maximum Gasteiger partial charge on any atom is 0.287 e. The van der Waals surface area contributed by atoms with Crippen LogP contribution in [0.2, 0.25) is 0 Å². The molecule has 18 heavy (non-hydrogen) atoms. The van der Waals surface area contributed by atoms with Crippen molar-refractivity contribution < 1.29 is 9.53 Å². The van der Waals surface area contributed by atoms with Crippen LogP contribution in [0.25, 0.3) is 0 Å². The zero-order valence-electron chi connectivity index (χ0n) is 10.3. The number of hydrogen-bond acceptors (Lipinski definition) is 5. The van der Waals surface area contributed by atoms with Crippen LogP contribution in [0, 0.1) is 0 Å². The maximum absolute atomic E-state index is 11.2. The minimum Gasteiger partial charge on any atom is -0.376 e. The first-order valence-electron chi connectivity index (χ1n) is 6.32. The SMILES string of the molecule is NNC(=O)c1cn(CCOC2CCCCC2)nn1. The summed E-state index contributed by atoms with van der Waals surface area (Å²) in [7, 11) is 0. The van der Waals surface area contributed by atoms with Crippen molar-refractivity contribution in [2.75, 3.05) is 6.61 Å². The number of aromatic nitrogens is 3. The number of carbonyl (C=O) groups excluding carboxylic acids is 1. The fourth-order valence-electron chi connectivity index (χ4n) is 2.13. The molecule has 1 heterocycles. The Bertz CT molecular complexity index is 387. The van der Waals surface area contributed by atoms with Gasteiger partial charge in [0.25, 0.3) is 5.91 Å². The summed E-state index contributed by atoms with van der Waals surface area (Å²) < 4.78 is 7.36. The van der Waals surface area contributed by atoms with E-state index in [0.717, 1.165) is 12.8 Å². The quantitative estimate of drug-likeness (QED) is 0.445. The summed E-state index contributed by atoms with van der Waals surface area (Å²) in [6, 6.07) is 0. The number of ether oxygens (including phenoxy) is 1. The highest BCUT2D eigenvalue weighted by Crippen LogP contribution is 2.20. The van der Waals surface area contributed by atoms with Gasteiger partial charge >= 0.3 is 0 Å². The standard InChI is InChI=1S/C11H19N5O2/c12-13-11(17)10-8-16(15-14-10)6-7-18-9-4-2-1-3-5-9/h8-9H,1-7,12H2,(H,13,17). The summed E-state index contributed by atoms with van der Waals surface area (Å²) in [5.41, 5.74) is 2.23. The molecule has 0 spiro atoms. The molecule has 1 aliphatic rings. The lowest BCUT2D eigenvalue weighted by atomic mass is 9.98. The van der Waals surface area contributed by atoms with Crippen LogP contribution in [-0.2, 0) is 11.3 Å². The number of carbonyl (C=O) groups is 1. The topological polar surface area (TPSA) is 95.1 Å². The lowest BCUT2D eigenvalue weighted by molar-refractivity contribution is 0.0227. The first kappa shape index (κ1) is 13.0. The van der Waals surface area contributed by atoms with E-state index in [0.29, 0.717) is 19.3 Å². The molecule has 1 amide bonds. The Morgan fingerprint density at radius 1 is 1.50 bits per heavy atom. The van der Waals surface area contributed by atoms with Crippen LogP contribution >= 0.6 is 0 Å². The van der Waals surface area contributed by atoms with E-state index in [1.807, 2.05) is 5.43 Å². The van der Waals surface area contributed by atoms with Gasteiger partial charge in [0.15, 0.2) is 5.69 Å². The summed E-state index contributed by atoms with van der Waals surface area (Å²) in [5, 5.41) is 7.56. The van der Waals surface area contributed by atoms with Crippen molar-refractivity contribution in [1.82, 2.24) is 20.4 Å². The number of rotatable bonds is 5. The molecule has 1 aliphatic carbocycles. The molecule has 0 atom stereocenters. The van der Waals surface area contributed by atoms with Crippen LogP contribution in [0.4, 0.5) is 0 Å². The molecule has 1 fully saturated rings. The van der Waals surface area contributed by atoms with E-state index in [1.165, 1.54) is 19.3 Å². The molecule has 0 unspecified atom stereocenters. The van der Waals surface area contributed by atoms with Crippen molar-refractivity contribution in [3.8, 4) is 0 Å². The largest absolute Gasteiger partial charge is 0.376 e. The third kappa shape index (κ3) is 3.51. The van der Waals surface area contributed by atoms with Crippen molar-refractivity contribution in [2.24, 2.45) is 5.84 Å². The second-order valence-corrected chi connectivity index (χ2v) is 4.47. The molecular weight excluding hydrogens is 234 g/mol. The minimum atomic E-state index is -0.436. The van der Waals surface area contributed by atoms with Gasteiger partial charge < -0.3 is 4.74 Å². The van der Waals surface area contributed by atoms with Crippen molar-refractivity contribution in [2.45, 2.75) is 44.8 Å². The second-order valence-electron chi connectivity index (χ2n) is 4.47. The third-order valence-electron chi connectivity index (χ3n) is 3.13. The Kier molecular flexibility index (Phi) is 4.66. The van der Waals surface area contributed by atoms with Gasteiger partial charge in [-0.25, -0.2) is 10.5 Å². The number of hydrazine groups is 1. The van der Waals surface area contributed by atoms with E-state index in [9.17, 15) is 4.79 Å². The van der Waals surface area contributed by atoms with E-state index in [1.54, 1.807) is 10.9 Å². The van der Waals surface area contributed by atoms with Crippen LogP contribution < -0.4 is 11.3 Å². The van der Waals surface area contributed by atoms with Crippen molar-refractivity contribution in [3.63, 3.8) is 0 Å². The van der Waals surface area contributed by atoms with Gasteiger partial charge in [-0.2, -0.15) is 0 Å². The molecule has 3 N–H and O–H groups in total. The van der Waals surface area contributed by atoms with Crippen molar-refractivity contribution in [3.05, 3.63) is 11.9 Å². The van der Waals surface area contributed by atoms with Gasteiger partial charge in [-0.05, 0) is 12.8 Å². The van der Waals surface area contributed by atoms with Gasteiger partial charge in [-0.1, -0.05) is 24.5 Å². The Morgan fingerprint density at radius 3 is 3.00 bits per heavy atom. The van der Waals surface area contributed by atoms with Gasteiger partial charge in [0, 0.05) is 0 Å². The zero-order valence-corrected chi connectivity index (χ0v) is 10.3. The summed E-state index contributed by atoms with van der Waals surface area (Å²) in [4.78, 5) is 11.2. The van der Waals surface area contributed by atoms with E-state index < -0.39 is 5.91 Å². The minimum absolute atomic E-state index is 0.218. The van der Waals surface area contributed by atoms with Gasteiger partial charge in [0.2, 0.25) is 0 Å². The molecule has 1 saturated carbocycles. The number of nitrogens with zero attached hydrogens (tertiary/aromatic N) is 3. The first-order valence-corrected chi connectivity index (χ1v) is 6.32. The molecule has 0 radical (unpaired) electrons. The molecule has 1 aromatic rings. The molecular formula is C11H19N5O2. The van der Waals surface area contributed by atoms with Crippen molar-refractivity contribution in [1.29, 1.82) is 0 Å². The Labute approximate surface area is 106 Å². The molecule has 0 bridgehead atoms. The molecule has 100 valence electrons. The highest BCUT2D eigenvalue weighted by molar-refractivity contribution is 5.91. The van der Waals surface area contributed by atoms with Gasteiger partial charge in [0.05, 0.1) is 25.5 Å². The van der Waals surface area contributed by atoms with Gasteiger partial charge in [-0.3, -0.25) is 10.2 Å². The fourth-order valence-corrected chi connectivity index (χ4v) is 2.13. The smallest absolute Gasteiger partial charge is 0.287 e. The van der Waals surface area contributed by atoms with E-state index >= 15 is 0 Å². The summed E-state index contributed by atoms with van der Waals surface area (Å²) >= 11 is 0. The Balaban J connectivity index is 1.72. The Hall–Kier alpha value is -1.47. The lowest BCUT2D eigenvalue weighted by Gasteiger charge is -2.21. The Morgan fingerprint density at radius 2 is 2.28 bits per heavy atom. The predicted molar refractivity (Wildman–Crippen MR) is 64.5 cm³/mol. The molecule has 1 aromatic heterocycles. The molecule has 7 heteroatoms. The number of nitrogens with two attached hydrogens (primary N) is 1. The van der Waals surface area contributed by atoms with Crippen LogP contribution in [-0.4, -0.2) is 33.6 Å². The summed E-state index contributed by atoms with van der Waals surface area (Å²) in [6.07, 6.45) is 8.08. The molecule has 0 saturated heterocycles. The van der Waals surface area contributed by atoms with Crippen LogP contribution in [0.5, 0.6) is 0 Å². The first-order chi connectivity index (χ1) is 8.79. The monoisotopic (exact) mass is 253 g/mol. The van der Waals surface area contributed by atoms with Crippen LogP contribution in [0.1, 0.15) is 42.6 Å². The van der Waals surface area contributed by atoms with Crippen molar-refractivity contribution >= 4 is 5.91 Å².